The van der Waals surface area contributed by atoms with Crippen molar-refractivity contribution in [2.24, 2.45) is 0 Å². The topological polar surface area (TPSA) is 93.0 Å². The minimum atomic E-state index is -0.318. The van der Waals surface area contributed by atoms with Crippen LogP contribution in [0.15, 0.2) is 67.1 Å². The van der Waals surface area contributed by atoms with Crippen LogP contribution in [-0.2, 0) is 9.57 Å². The molecule has 168 valence electrons. The van der Waals surface area contributed by atoms with Crippen molar-refractivity contribution < 1.29 is 14.4 Å². The lowest BCUT2D eigenvalue weighted by atomic mass is 10.1. The fourth-order valence-electron chi connectivity index (χ4n) is 3.84. The van der Waals surface area contributed by atoms with Crippen LogP contribution in [0.25, 0.3) is 16.9 Å². The highest BCUT2D eigenvalue weighted by Gasteiger charge is 2.13. The van der Waals surface area contributed by atoms with Gasteiger partial charge in [-0.05, 0) is 36.4 Å². The summed E-state index contributed by atoms with van der Waals surface area (Å²) in [6.07, 6.45) is 5.49. The molecule has 9 nitrogen and oxygen atoms in total. The van der Waals surface area contributed by atoms with Crippen molar-refractivity contribution in [3.05, 3.63) is 72.7 Å². The number of carbonyl (C=O) groups excluding carboxylic acids is 1. The smallest absolute Gasteiger partial charge is 0.274 e. The second-order valence-electron chi connectivity index (χ2n) is 7.62. The van der Waals surface area contributed by atoms with E-state index < -0.39 is 0 Å². The summed E-state index contributed by atoms with van der Waals surface area (Å²) in [6.45, 7) is 3.30. The number of imidazole rings is 1. The van der Waals surface area contributed by atoms with Crippen LogP contribution >= 0.6 is 0 Å². The molecule has 2 aromatic heterocycles. The zero-order chi connectivity index (χ0) is 22.6. The van der Waals surface area contributed by atoms with Gasteiger partial charge in [0.1, 0.15) is 0 Å². The van der Waals surface area contributed by atoms with E-state index in [9.17, 15) is 4.79 Å². The molecule has 0 aliphatic carbocycles. The normalized spacial score (nSPS) is 13.8. The lowest BCUT2D eigenvalue weighted by Crippen LogP contribution is -2.36. The summed E-state index contributed by atoms with van der Waals surface area (Å²) in [4.78, 5) is 28.5. The van der Waals surface area contributed by atoms with E-state index in [1.165, 1.54) is 12.8 Å². The third kappa shape index (κ3) is 4.50. The fourth-order valence-corrected chi connectivity index (χ4v) is 3.84. The lowest BCUT2D eigenvalue weighted by molar-refractivity contribution is 0.0537. The Kier molecular flexibility index (Phi) is 5.88. The number of nitrogens with one attached hydrogen (secondary N) is 2. The molecule has 0 saturated carbocycles. The van der Waals surface area contributed by atoms with Gasteiger partial charge in [0.25, 0.3) is 5.91 Å². The molecular formula is C24H24N6O3. The Balaban J connectivity index is 1.44. The van der Waals surface area contributed by atoms with Gasteiger partial charge in [-0.2, -0.15) is 0 Å². The van der Waals surface area contributed by atoms with Crippen LogP contribution in [0, 0.1) is 0 Å². The SMILES string of the molecule is CONC(=O)c1cccc(-c2cn3ccnc3c(Nc3ccc(N4CCOCC4)cc3)n2)c1. The van der Waals surface area contributed by atoms with Crippen LogP contribution in [-0.4, -0.2) is 53.7 Å². The number of morpholine rings is 1. The van der Waals surface area contributed by atoms with Crippen molar-refractivity contribution >= 4 is 28.7 Å². The molecule has 1 saturated heterocycles. The number of aromatic nitrogens is 3. The molecule has 1 aliphatic heterocycles. The van der Waals surface area contributed by atoms with Crippen LogP contribution < -0.4 is 15.7 Å². The summed E-state index contributed by atoms with van der Waals surface area (Å²) in [5.41, 5.74) is 7.13. The lowest BCUT2D eigenvalue weighted by Gasteiger charge is -2.28. The predicted octanol–water partition coefficient (Wildman–Crippen LogP) is 3.27. The van der Waals surface area contributed by atoms with Gasteiger partial charge in [0.2, 0.25) is 0 Å². The second-order valence-corrected chi connectivity index (χ2v) is 7.62. The number of nitrogens with zero attached hydrogens (tertiary/aromatic N) is 4. The maximum atomic E-state index is 12.2. The van der Waals surface area contributed by atoms with Crippen molar-refractivity contribution in [3.8, 4) is 11.3 Å². The van der Waals surface area contributed by atoms with E-state index in [0.717, 1.165) is 37.6 Å². The molecular weight excluding hydrogens is 420 g/mol. The van der Waals surface area contributed by atoms with Gasteiger partial charge in [0.05, 0.1) is 26.0 Å². The Morgan fingerprint density at radius 2 is 1.94 bits per heavy atom. The quantitative estimate of drug-likeness (QED) is 0.441. The molecule has 9 heteroatoms. The van der Waals surface area contributed by atoms with E-state index in [2.05, 4.69) is 32.8 Å². The van der Waals surface area contributed by atoms with Gasteiger partial charge in [0.15, 0.2) is 11.5 Å². The highest BCUT2D eigenvalue weighted by molar-refractivity contribution is 5.94. The summed E-state index contributed by atoms with van der Waals surface area (Å²) >= 11 is 0. The minimum absolute atomic E-state index is 0.318. The maximum absolute atomic E-state index is 12.2. The first-order valence-corrected chi connectivity index (χ1v) is 10.7. The number of fused-ring (bicyclic) bond motifs is 1. The van der Waals surface area contributed by atoms with Crippen LogP contribution in [0.3, 0.4) is 0 Å². The van der Waals surface area contributed by atoms with E-state index in [4.69, 9.17) is 14.6 Å². The number of ether oxygens (including phenoxy) is 1. The van der Waals surface area contributed by atoms with Crippen molar-refractivity contribution in [2.45, 2.75) is 0 Å². The molecule has 1 amide bonds. The number of hydroxylamine groups is 1. The molecule has 0 spiro atoms. The predicted molar refractivity (Wildman–Crippen MR) is 126 cm³/mol. The third-order valence-corrected chi connectivity index (χ3v) is 5.50. The van der Waals surface area contributed by atoms with E-state index in [1.807, 2.05) is 41.1 Å². The first kappa shape index (κ1) is 20.9. The highest BCUT2D eigenvalue weighted by Crippen LogP contribution is 2.26. The average Bonchev–Trinajstić information content (AvgIpc) is 3.34. The molecule has 1 aliphatic rings. The summed E-state index contributed by atoms with van der Waals surface area (Å²) < 4.78 is 7.35. The largest absolute Gasteiger partial charge is 0.378 e. The van der Waals surface area contributed by atoms with E-state index in [0.29, 0.717) is 22.7 Å². The zero-order valence-electron chi connectivity index (χ0n) is 18.2. The number of rotatable bonds is 6. The Bertz CT molecular complexity index is 1260. The summed E-state index contributed by atoms with van der Waals surface area (Å²) in [7, 11) is 1.40. The molecule has 2 N–H and O–H groups in total. The number of hydrogen-bond acceptors (Lipinski definition) is 7. The molecule has 4 aromatic rings. The van der Waals surface area contributed by atoms with Crippen molar-refractivity contribution in [3.63, 3.8) is 0 Å². The molecule has 33 heavy (non-hydrogen) atoms. The van der Waals surface area contributed by atoms with Crippen LogP contribution in [0.1, 0.15) is 10.4 Å². The highest BCUT2D eigenvalue weighted by atomic mass is 16.6. The van der Waals surface area contributed by atoms with Gasteiger partial charge < -0.3 is 19.4 Å². The standard InChI is InChI=1S/C24H24N6O3/c1-32-28-24(31)18-4-2-3-17(15-18)21-16-30-10-9-25-23(30)22(27-21)26-19-5-7-20(8-6-19)29-11-13-33-14-12-29/h2-10,15-16H,11-14H2,1H3,(H,26,27)(H,28,31). The van der Waals surface area contributed by atoms with E-state index >= 15 is 0 Å². The van der Waals surface area contributed by atoms with Gasteiger partial charge in [-0.3, -0.25) is 9.63 Å². The Morgan fingerprint density at radius 1 is 1.12 bits per heavy atom. The molecule has 5 rings (SSSR count). The Morgan fingerprint density at radius 3 is 2.73 bits per heavy atom. The number of hydrogen-bond donors (Lipinski definition) is 2. The average molecular weight is 444 g/mol. The molecule has 1 fully saturated rings. The van der Waals surface area contributed by atoms with Crippen molar-refractivity contribution in [1.29, 1.82) is 0 Å². The van der Waals surface area contributed by atoms with E-state index in [-0.39, 0.29) is 5.91 Å². The Labute approximate surface area is 190 Å². The number of benzene rings is 2. The molecule has 2 aromatic carbocycles. The molecule has 0 atom stereocenters. The second kappa shape index (κ2) is 9.27. The van der Waals surface area contributed by atoms with Crippen LogP contribution in [0.5, 0.6) is 0 Å². The summed E-state index contributed by atoms with van der Waals surface area (Å²) in [5.74, 6) is 0.310. The van der Waals surface area contributed by atoms with Gasteiger partial charge >= 0.3 is 0 Å². The van der Waals surface area contributed by atoms with E-state index in [1.54, 1.807) is 18.3 Å². The van der Waals surface area contributed by atoms with Gasteiger partial charge in [-0.15, -0.1) is 0 Å². The number of amides is 1. The number of anilines is 3. The monoisotopic (exact) mass is 444 g/mol. The zero-order valence-corrected chi connectivity index (χ0v) is 18.2. The summed E-state index contributed by atoms with van der Waals surface area (Å²) in [5, 5.41) is 3.39. The van der Waals surface area contributed by atoms with Gasteiger partial charge in [-0.25, -0.2) is 15.4 Å². The Hall–Kier alpha value is -3.95. The first-order chi connectivity index (χ1) is 16.2. The molecule has 0 bridgehead atoms. The molecule has 3 heterocycles. The molecule has 0 radical (unpaired) electrons. The minimum Gasteiger partial charge on any atom is -0.378 e. The van der Waals surface area contributed by atoms with Crippen molar-refractivity contribution in [2.75, 3.05) is 43.6 Å². The number of carbonyl (C=O) groups is 1. The third-order valence-electron chi connectivity index (χ3n) is 5.50. The molecule has 0 unspecified atom stereocenters. The maximum Gasteiger partial charge on any atom is 0.274 e. The fraction of sp³-hybridized carbons (Fsp3) is 0.208. The van der Waals surface area contributed by atoms with Crippen molar-refractivity contribution in [1.82, 2.24) is 19.8 Å². The van der Waals surface area contributed by atoms with Crippen LogP contribution in [0.2, 0.25) is 0 Å². The van der Waals surface area contributed by atoms with Gasteiger partial charge in [-0.1, -0.05) is 12.1 Å². The van der Waals surface area contributed by atoms with Gasteiger partial charge in [0, 0.05) is 54.2 Å². The first-order valence-electron chi connectivity index (χ1n) is 10.7. The summed E-state index contributed by atoms with van der Waals surface area (Å²) in [6, 6.07) is 15.5. The van der Waals surface area contributed by atoms with Crippen LogP contribution in [0.4, 0.5) is 17.2 Å².